The van der Waals surface area contributed by atoms with Gasteiger partial charge in [0.1, 0.15) is 0 Å². The molecule has 0 spiro atoms. The van der Waals surface area contributed by atoms with Crippen molar-refractivity contribution in [2.45, 2.75) is 4.90 Å². The Morgan fingerprint density at radius 2 is 1.87 bits per heavy atom. The quantitative estimate of drug-likeness (QED) is 0.703. The number of hydrogen-bond acceptors (Lipinski definition) is 5. The lowest BCUT2D eigenvalue weighted by molar-refractivity contribution is 0.388. The number of aromatic amines is 1. The monoisotopic (exact) mass is 226 g/mol. The van der Waals surface area contributed by atoms with Crippen molar-refractivity contribution in [1.29, 1.82) is 0 Å². The molecular formula is C8H6N2O4S. The number of nitrogens with one attached hydrogen (secondary N) is 1. The van der Waals surface area contributed by atoms with E-state index < -0.39 is 16.5 Å². The van der Waals surface area contributed by atoms with E-state index in [1.54, 1.807) is 0 Å². The van der Waals surface area contributed by atoms with E-state index >= 15 is 0 Å². The predicted octanol–water partition coefficient (Wildman–Crippen LogP) is 0.000200. The number of thiol groups is 1. The number of aromatic nitrogens is 2. The Labute approximate surface area is 85.5 Å². The van der Waals surface area contributed by atoms with Crippen molar-refractivity contribution < 1.29 is 12.9 Å². The fourth-order valence-electron chi connectivity index (χ4n) is 1.09. The van der Waals surface area contributed by atoms with Gasteiger partial charge in [0.15, 0.2) is 16.5 Å². The third kappa shape index (κ3) is 1.96. The smallest absolute Gasteiger partial charge is 0.321 e. The summed E-state index contributed by atoms with van der Waals surface area (Å²) >= 11 is 0. The maximum absolute atomic E-state index is 10.6. The minimum Gasteiger partial charge on any atom is -0.321 e. The Morgan fingerprint density at radius 1 is 1.20 bits per heavy atom. The second-order valence-electron chi connectivity index (χ2n) is 2.73. The van der Waals surface area contributed by atoms with Gasteiger partial charge in [-0.2, -0.15) is 10.1 Å². The van der Waals surface area contributed by atoms with E-state index in [-0.39, 0.29) is 10.7 Å². The van der Waals surface area contributed by atoms with Gasteiger partial charge in [0.05, 0.1) is 4.90 Å². The van der Waals surface area contributed by atoms with Crippen LogP contribution in [-0.4, -0.2) is 18.6 Å². The second-order valence-corrected chi connectivity index (χ2v) is 3.77. The Bertz CT molecular complexity index is 586. The molecular weight excluding hydrogens is 220 g/mol. The van der Waals surface area contributed by atoms with Gasteiger partial charge in [-0.1, -0.05) is 0 Å². The van der Waals surface area contributed by atoms with E-state index in [1.807, 2.05) is 0 Å². The van der Waals surface area contributed by atoms with E-state index in [0.29, 0.717) is 5.56 Å². The van der Waals surface area contributed by atoms with Crippen LogP contribution in [0.25, 0.3) is 11.4 Å². The average Bonchev–Trinajstić information content (AvgIpc) is 2.65. The summed E-state index contributed by atoms with van der Waals surface area (Å²) in [5.74, 6) is -0.448. The van der Waals surface area contributed by atoms with E-state index in [9.17, 15) is 13.2 Å². The summed E-state index contributed by atoms with van der Waals surface area (Å²) < 4.78 is 25.6. The molecule has 15 heavy (non-hydrogen) atoms. The SMILES string of the molecule is O=c1nc(-c2ccc([SH](=O)=O)cc2)[nH]o1. The van der Waals surface area contributed by atoms with Crippen LogP contribution in [0.3, 0.4) is 0 Å². The van der Waals surface area contributed by atoms with Gasteiger partial charge in [-0.25, -0.2) is 13.2 Å². The first-order valence-electron chi connectivity index (χ1n) is 3.97. The van der Waals surface area contributed by atoms with Gasteiger partial charge in [-0.15, -0.1) is 0 Å². The normalized spacial score (nSPS) is 10.7. The molecule has 0 bridgehead atoms. The maximum atomic E-state index is 10.6. The third-order valence-electron chi connectivity index (χ3n) is 1.79. The van der Waals surface area contributed by atoms with Crippen molar-refractivity contribution in [2.75, 3.05) is 0 Å². The van der Waals surface area contributed by atoms with E-state index in [2.05, 4.69) is 14.7 Å². The largest absolute Gasteiger partial charge is 0.460 e. The molecule has 0 amide bonds. The van der Waals surface area contributed by atoms with Crippen LogP contribution in [0, 0.1) is 0 Å². The number of hydrogen-bond donors (Lipinski definition) is 2. The van der Waals surface area contributed by atoms with Crippen LogP contribution < -0.4 is 5.76 Å². The molecule has 2 aromatic rings. The van der Waals surface area contributed by atoms with Crippen LogP contribution in [0.1, 0.15) is 0 Å². The zero-order valence-electron chi connectivity index (χ0n) is 7.34. The molecule has 78 valence electrons. The minimum atomic E-state index is -2.59. The van der Waals surface area contributed by atoms with Crippen LogP contribution in [-0.2, 0) is 10.7 Å². The maximum Gasteiger partial charge on any atom is 0.460 e. The highest BCUT2D eigenvalue weighted by Crippen LogP contribution is 2.14. The van der Waals surface area contributed by atoms with Crippen LogP contribution in [0.15, 0.2) is 38.5 Å². The number of nitrogens with zero attached hydrogens (tertiary/aromatic N) is 1. The molecule has 0 aliphatic carbocycles. The van der Waals surface area contributed by atoms with Crippen LogP contribution in [0.2, 0.25) is 0 Å². The number of H-pyrrole nitrogens is 1. The molecule has 0 aliphatic heterocycles. The Balaban J connectivity index is 2.43. The summed E-state index contributed by atoms with van der Waals surface area (Å²) in [7, 11) is -2.59. The molecule has 0 radical (unpaired) electrons. The number of rotatable bonds is 2. The number of benzene rings is 1. The summed E-state index contributed by atoms with van der Waals surface area (Å²) in [6, 6.07) is 5.92. The van der Waals surface area contributed by atoms with Gasteiger partial charge in [0.2, 0.25) is 0 Å². The Kier molecular flexibility index (Phi) is 2.38. The zero-order chi connectivity index (χ0) is 10.8. The minimum absolute atomic E-state index is 0.208. The second kappa shape index (κ2) is 3.70. The molecule has 0 saturated heterocycles. The molecule has 2 rings (SSSR count). The summed E-state index contributed by atoms with van der Waals surface area (Å²) in [6.45, 7) is 0. The first-order chi connectivity index (χ1) is 7.16. The van der Waals surface area contributed by atoms with Crippen molar-refractivity contribution in [1.82, 2.24) is 10.1 Å². The predicted molar refractivity (Wildman–Crippen MR) is 51.1 cm³/mol. The van der Waals surface area contributed by atoms with Crippen molar-refractivity contribution in [3.63, 3.8) is 0 Å². The summed E-state index contributed by atoms with van der Waals surface area (Å²) in [4.78, 5) is 14.4. The molecule has 0 unspecified atom stereocenters. The van der Waals surface area contributed by atoms with Crippen LogP contribution in [0.5, 0.6) is 0 Å². The first-order valence-corrected chi connectivity index (χ1v) is 5.15. The fraction of sp³-hybridized carbons (Fsp3) is 0. The molecule has 1 N–H and O–H groups in total. The van der Waals surface area contributed by atoms with Crippen molar-refractivity contribution >= 4 is 10.7 Å². The van der Waals surface area contributed by atoms with Gasteiger partial charge in [0.25, 0.3) is 0 Å². The fourth-order valence-corrected chi connectivity index (χ4v) is 1.49. The standard InChI is InChI=1S/C8H6N2O4S/c11-8-9-7(10-14-8)5-1-3-6(4-2-5)15(12)13/h1-4,15H,(H,9,10,11). The van der Waals surface area contributed by atoms with Gasteiger partial charge >= 0.3 is 5.76 Å². The van der Waals surface area contributed by atoms with Crippen LogP contribution >= 0.6 is 0 Å². The lowest BCUT2D eigenvalue weighted by Gasteiger charge is -1.94. The highest BCUT2D eigenvalue weighted by atomic mass is 32.2. The lowest BCUT2D eigenvalue weighted by atomic mass is 10.2. The van der Waals surface area contributed by atoms with Crippen molar-refractivity contribution in [2.24, 2.45) is 0 Å². The van der Waals surface area contributed by atoms with Gasteiger partial charge in [0, 0.05) is 5.56 Å². The molecule has 1 aromatic heterocycles. The van der Waals surface area contributed by atoms with E-state index in [4.69, 9.17) is 0 Å². The molecule has 0 fully saturated rings. The summed E-state index contributed by atoms with van der Waals surface area (Å²) in [5, 5.41) is 2.32. The van der Waals surface area contributed by atoms with E-state index in [1.165, 1.54) is 24.3 Å². The highest BCUT2D eigenvalue weighted by molar-refractivity contribution is 7.72. The lowest BCUT2D eigenvalue weighted by Crippen LogP contribution is -1.94. The van der Waals surface area contributed by atoms with Crippen molar-refractivity contribution in [3.05, 3.63) is 34.8 Å². The first kappa shape index (κ1) is 9.66. The molecule has 0 atom stereocenters. The summed E-state index contributed by atoms with van der Waals surface area (Å²) in [5.41, 5.74) is 0.585. The van der Waals surface area contributed by atoms with E-state index in [0.717, 1.165) is 0 Å². The van der Waals surface area contributed by atoms with Crippen LogP contribution in [0.4, 0.5) is 0 Å². The molecule has 0 saturated carbocycles. The average molecular weight is 226 g/mol. The van der Waals surface area contributed by atoms with Gasteiger partial charge < -0.3 is 4.52 Å². The topological polar surface area (TPSA) is 93.0 Å². The molecule has 1 heterocycles. The van der Waals surface area contributed by atoms with Crippen molar-refractivity contribution in [3.8, 4) is 11.4 Å². The molecule has 0 aliphatic rings. The Hall–Kier alpha value is -1.89. The molecule has 6 nitrogen and oxygen atoms in total. The molecule has 1 aromatic carbocycles. The Morgan fingerprint density at radius 3 is 2.33 bits per heavy atom. The third-order valence-corrected chi connectivity index (χ3v) is 2.51. The van der Waals surface area contributed by atoms with Gasteiger partial charge in [-0.3, -0.25) is 0 Å². The van der Waals surface area contributed by atoms with Gasteiger partial charge in [-0.05, 0) is 24.3 Å². The summed E-state index contributed by atoms with van der Waals surface area (Å²) in [6.07, 6.45) is 0. The molecule has 7 heteroatoms. The zero-order valence-corrected chi connectivity index (χ0v) is 8.23. The highest BCUT2D eigenvalue weighted by Gasteiger charge is 2.03.